The molecule has 0 bridgehead atoms. The van der Waals surface area contributed by atoms with Gasteiger partial charge in [0.2, 0.25) is 0 Å². The molecule has 1 aromatic carbocycles. The second kappa shape index (κ2) is 9.69. The zero-order chi connectivity index (χ0) is 24.5. The fourth-order valence-corrected chi connectivity index (χ4v) is 6.35. The molecular formula is C28H38N6O. The Hall–Kier alpha value is -2.80. The van der Waals surface area contributed by atoms with Gasteiger partial charge < -0.3 is 4.90 Å². The summed E-state index contributed by atoms with van der Waals surface area (Å²) >= 11 is 0. The molecule has 1 aromatic heterocycles. The van der Waals surface area contributed by atoms with E-state index in [0.717, 1.165) is 44.5 Å². The topological polar surface area (TPSA) is 64.9 Å². The van der Waals surface area contributed by atoms with Crippen LogP contribution in [0, 0.1) is 5.92 Å². The molecule has 3 aliphatic rings. The fraction of sp³-hybridized carbons (Fsp3) is 0.571. The van der Waals surface area contributed by atoms with Crippen molar-refractivity contribution in [3.63, 3.8) is 0 Å². The van der Waals surface area contributed by atoms with Gasteiger partial charge in [0.15, 0.2) is 5.82 Å². The third kappa shape index (κ3) is 4.24. The molecule has 7 heteroatoms. The van der Waals surface area contributed by atoms with Gasteiger partial charge in [0, 0.05) is 19.1 Å². The number of rotatable bonds is 7. The summed E-state index contributed by atoms with van der Waals surface area (Å²) in [5.41, 5.74) is 2.06. The molecule has 3 fully saturated rings. The van der Waals surface area contributed by atoms with Crippen LogP contribution in [0.3, 0.4) is 0 Å². The average molecular weight is 475 g/mol. The molecule has 1 spiro atoms. The number of aromatic nitrogens is 2. The van der Waals surface area contributed by atoms with Gasteiger partial charge in [0.05, 0.1) is 36.4 Å². The van der Waals surface area contributed by atoms with Crippen molar-refractivity contribution in [3.05, 3.63) is 54.1 Å². The molecule has 2 heterocycles. The van der Waals surface area contributed by atoms with Gasteiger partial charge in [-0.2, -0.15) is 0 Å². The monoisotopic (exact) mass is 474 g/mol. The first-order valence-corrected chi connectivity index (χ1v) is 13.1. The number of carbonyl (C=O) groups excluding carboxylic acids is 1. The lowest BCUT2D eigenvalue weighted by atomic mass is 9.68. The van der Waals surface area contributed by atoms with E-state index in [1.807, 2.05) is 4.90 Å². The molecule has 5 rings (SSSR count). The van der Waals surface area contributed by atoms with E-state index >= 15 is 0 Å². The van der Waals surface area contributed by atoms with Crippen molar-refractivity contribution in [1.29, 1.82) is 0 Å². The zero-order valence-electron chi connectivity index (χ0n) is 21.4. The molecule has 186 valence electrons. The Morgan fingerprint density at radius 2 is 1.80 bits per heavy atom. The number of nitrogens with zero attached hydrogens (tertiary/aromatic N) is 6. The molecule has 2 saturated carbocycles. The minimum atomic E-state index is -0.136. The number of hydrogen-bond donors (Lipinski definition) is 0. The van der Waals surface area contributed by atoms with Crippen molar-refractivity contribution in [2.24, 2.45) is 10.9 Å². The molecule has 1 aliphatic heterocycles. The van der Waals surface area contributed by atoms with E-state index in [0.29, 0.717) is 18.3 Å². The van der Waals surface area contributed by atoms with Crippen LogP contribution >= 0.6 is 0 Å². The number of carbonyl (C=O) groups is 1. The maximum absolute atomic E-state index is 13.8. The van der Waals surface area contributed by atoms with Crippen molar-refractivity contribution in [2.75, 3.05) is 38.6 Å². The van der Waals surface area contributed by atoms with E-state index < -0.39 is 0 Å². The summed E-state index contributed by atoms with van der Waals surface area (Å²) in [6.07, 6.45) is 13.0. The van der Waals surface area contributed by atoms with Crippen molar-refractivity contribution >= 4 is 17.9 Å². The molecule has 7 nitrogen and oxygen atoms in total. The highest BCUT2D eigenvalue weighted by Crippen LogP contribution is 2.50. The lowest BCUT2D eigenvalue weighted by molar-refractivity contribution is 0.00833. The van der Waals surface area contributed by atoms with Crippen LogP contribution in [0.1, 0.15) is 63.3 Å². The van der Waals surface area contributed by atoms with Gasteiger partial charge in [0.25, 0.3) is 0 Å². The predicted octanol–water partition coefficient (Wildman–Crippen LogP) is 4.73. The van der Waals surface area contributed by atoms with Crippen molar-refractivity contribution in [1.82, 2.24) is 19.8 Å². The highest BCUT2D eigenvalue weighted by molar-refractivity contribution is 5.95. The first-order chi connectivity index (χ1) is 17.0. The van der Waals surface area contributed by atoms with Gasteiger partial charge in [-0.05, 0) is 63.6 Å². The van der Waals surface area contributed by atoms with E-state index in [2.05, 4.69) is 69.1 Å². The molecule has 0 N–H and O–H groups in total. The second-order valence-electron chi connectivity index (χ2n) is 10.6. The van der Waals surface area contributed by atoms with E-state index in [1.165, 1.54) is 24.8 Å². The van der Waals surface area contributed by atoms with Crippen LogP contribution in [0.15, 0.2) is 47.7 Å². The summed E-state index contributed by atoms with van der Waals surface area (Å²) in [7, 11) is 3.96. The number of hydrogen-bond acceptors (Lipinski definition) is 5. The van der Waals surface area contributed by atoms with Crippen molar-refractivity contribution in [3.8, 4) is 0 Å². The molecule has 2 aromatic rings. The Labute approximate surface area is 209 Å². The van der Waals surface area contributed by atoms with Crippen LogP contribution in [0.4, 0.5) is 10.5 Å². The number of benzene rings is 1. The molecule has 0 unspecified atom stereocenters. The summed E-state index contributed by atoms with van der Waals surface area (Å²) in [5.74, 6) is 1.20. The molecule has 2 amide bonds. The summed E-state index contributed by atoms with van der Waals surface area (Å²) < 4.78 is 0. The lowest BCUT2D eigenvalue weighted by Gasteiger charge is -2.52. The maximum atomic E-state index is 13.8. The van der Waals surface area contributed by atoms with Crippen LogP contribution in [-0.4, -0.2) is 71.3 Å². The van der Waals surface area contributed by atoms with Gasteiger partial charge in [-0.1, -0.05) is 43.7 Å². The largest absolute Gasteiger partial charge is 0.325 e. The van der Waals surface area contributed by atoms with Crippen molar-refractivity contribution in [2.45, 2.75) is 62.9 Å². The number of urea groups is 1. The molecule has 1 saturated heterocycles. The van der Waals surface area contributed by atoms with Gasteiger partial charge >= 0.3 is 6.03 Å². The Balaban J connectivity index is 1.44. The Morgan fingerprint density at radius 3 is 2.37 bits per heavy atom. The highest BCUT2D eigenvalue weighted by Gasteiger charge is 2.55. The molecule has 35 heavy (non-hydrogen) atoms. The predicted molar refractivity (Wildman–Crippen MR) is 140 cm³/mol. The molecular weight excluding hydrogens is 436 g/mol. The third-order valence-electron chi connectivity index (χ3n) is 8.89. The van der Waals surface area contributed by atoms with Crippen LogP contribution in [-0.2, 0) is 5.54 Å². The van der Waals surface area contributed by atoms with E-state index in [1.54, 1.807) is 25.7 Å². The zero-order valence-corrected chi connectivity index (χ0v) is 21.4. The third-order valence-corrected chi connectivity index (χ3v) is 8.89. The quantitative estimate of drug-likeness (QED) is 0.545. The summed E-state index contributed by atoms with van der Waals surface area (Å²) in [6, 6.07) is 11.1. The first-order valence-electron chi connectivity index (χ1n) is 13.1. The highest BCUT2D eigenvalue weighted by atomic mass is 16.2. The fourth-order valence-electron chi connectivity index (χ4n) is 6.35. The van der Waals surface area contributed by atoms with E-state index in [-0.39, 0.29) is 17.1 Å². The van der Waals surface area contributed by atoms with Gasteiger partial charge in [-0.3, -0.25) is 14.8 Å². The number of aliphatic imine (C=N–C) groups is 1. The van der Waals surface area contributed by atoms with Crippen LogP contribution in [0.5, 0.6) is 0 Å². The van der Waals surface area contributed by atoms with E-state index in [9.17, 15) is 4.79 Å². The lowest BCUT2D eigenvalue weighted by Crippen LogP contribution is -2.57. The standard InChI is InChI=1S/C28H38N6O/c1-4-32(3)28(23-11-6-5-7-12-23)15-13-27(14-16-28)21-33(24-17-30-25(19-29-2)31-18-24)26(35)34(27)20-22-9-8-10-22/h5-7,11-12,17-19,22H,4,8-10,13-16,20-21H2,1-3H3/b29-19-/t27-,28+. The Bertz CT molecular complexity index is 1040. The Morgan fingerprint density at radius 1 is 1.11 bits per heavy atom. The van der Waals surface area contributed by atoms with Crippen LogP contribution in [0.2, 0.25) is 0 Å². The average Bonchev–Trinajstić information content (AvgIpc) is 3.13. The second-order valence-corrected chi connectivity index (χ2v) is 10.6. The smallest absolute Gasteiger partial charge is 0.317 e. The SMILES string of the molecule is CCN(C)[C@]1(c2ccccc2)CC[C@]2(CC1)CN(c1cnc(/C=N\C)nc1)C(=O)N2CC1CCC1. The molecule has 0 atom stereocenters. The van der Waals surface area contributed by atoms with Crippen LogP contribution in [0.25, 0.3) is 0 Å². The first kappa shape index (κ1) is 23.9. The summed E-state index contributed by atoms with van der Waals surface area (Å²) in [5, 5.41) is 0. The summed E-state index contributed by atoms with van der Waals surface area (Å²) in [4.78, 5) is 33.3. The summed E-state index contributed by atoms with van der Waals surface area (Å²) in [6.45, 7) is 4.83. The minimum Gasteiger partial charge on any atom is -0.317 e. The maximum Gasteiger partial charge on any atom is 0.325 e. The van der Waals surface area contributed by atoms with Crippen molar-refractivity contribution < 1.29 is 4.79 Å². The van der Waals surface area contributed by atoms with E-state index in [4.69, 9.17) is 0 Å². The van der Waals surface area contributed by atoms with Gasteiger partial charge in [-0.15, -0.1) is 0 Å². The minimum absolute atomic E-state index is 0.0180. The normalized spacial score (nSPS) is 27.4. The Kier molecular flexibility index (Phi) is 6.62. The van der Waals surface area contributed by atoms with Crippen LogP contribution < -0.4 is 4.90 Å². The number of amides is 2. The molecule has 0 radical (unpaired) electrons. The van der Waals surface area contributed by atoms with Gasteiger partial charge in [0.1, 0.15) is 0 Å². The number of anilines is 1. The van der Waals surface area contributed by atoms with Gasteiger partial charge in [-0.25, -0.2) is 14.8 Å². The molecule has 2 aliphatic carbocycles.